The number of aliphatic carboxylic acids is 1. The van der Waals surface area contributed by atoms with Gasteiger partial charge in [0.1, 0.15) is 6.61 Å². The van der Waals surface area contributed by atoms with E-state index in [9.17, 15) is 14.4 Å². The van der Waals surface area contributed by atoms with Gasteiger partial charge < -0.3 is 14.6 Å². The number of rotatable bonds is 6. The molecule has 0 saturated heterocycles. The van der Waals surface area contributed by atoms with Crippen LogP contribution in [0.25, 0.3) is 11.1 Å². The van der Waals surface area contributed by atoms with Gasteiger partial charge in [0.2, 0.25) is 5.72 Å². The highest BCUT2D eigenvalue weighted by molar-refractivity contribution is 6.36. The number of carboxylic acid groups (broad SMARTS) is 1. The zero-order chi connectivity index (χ0) is 22.1. The molecule has 0 unspecified atom stereocenters. The quantitative estimate of drug-likeness (QED) is 0.474. The molecule has 1 atom stereocenters. The summed E-state index contributed by atoms with van der Waals surface area (Å²) in [6.07, 6.45) is -0.195. The van der Waals surface area contributed by atoms with Gasteiger partial charge in [-0.05, 0) is 61.9 Å². The standard InChI is InChI=1S/C23H25NO6/c1-22(2,3)30-23(4,19(25)20(26)27)24-21(28)29-13-15-9-7-11-17-16-10-6-5-8-14(16)12-18(15)17/h5-11H,12-13H2,1-4H3,(H,24,28)(H,26,27)/t23-/m1/s1. The molecule has 0 saturated carbocycles. The van der Waals surface area contributed by atoms with Crippen molar-refractivity contribution in [1.82, 2.24) is 5.32 Å². The van der Waals surface area contributed by atoms with Crippen molar-refractivity contribution in [2.24, 2.45) is 0 Å². The molecule has 0 heterocycles. The summed E-state index contributed by atoms with van der Waals surface area (Å²) in [6, 6.07) is 13.9. The van der Waals surface area contributed by atoms with Crippen molar-refractivity contribution in [2.45, 2.75) is 52.0 Å². The minimum atomic E-state index is -2.06. The van der Waals surface area contributed by atoms with Crippen LogP contribution in [-0.2, 0) is 32.1 Å². The maximum absolute atomic E-state index is 12.4. The van der Waals surface area contributed by atoms with Crippen LogP contribution in [-0.4, -0.2) is 34.3 Å². The summed E-state index contributed by atoms with van der Waals surface area (Å²) in [5.41, 5.74) is 2.48. The van der Waals surface area contributed by atoms with Crippen LogP contribution in [0, 0.1) is 0 Å². The highest BCUT2D eigenvalue weighted by atomic mass is 16.6. The molecule has 1 aliphatic carbocycles. The first-order chi connectivity index (χ1) is 14.0. The van der Waals surface area contributed by atoms with E-state index in [1.807, 2.05) is 30.3 Å². The molecule has 2 aromatic rings. The van der Waals surface area contributed by atoms with E-state index in [1.165, 1.54) is 12.5 Å². The molecule has 0 aromatic heterocycles. The zero-order valence-electron chi connectivity index (χ0n) is 17.4. The second-order valence-corrected chi connectivity index (χ2v) is 8.36. The number of amides is 1. The van der Waals surface area contributed by atoms with Crippen molar-refractivity contribution in [1.29, 1.82) is 0 Å². The van der Waals surface area contributed by atoms with Gasteiger partial charge in [-0.2, -0.15) is 0 Å². The van der Waals surface area contributed by atoms with Gasteiger partial charge in [0.25, 0.3) is 5.78 Å². The lowest BCUT2D eigenvalue weighted by Crippen LogP contribution is -2.59. The van der Waals surface area contributed by atoms with E-state index in [1.54, 1.807) is 20.8 Å². The molecule has 2 aromatic carbocycles. The van der Waals surface area contributed by atoms with Crippen molar-refractivity contribution >= 4 is 17.8 Å². The van der Waals surface area contributed by atoms with Crippen LogP contribution >= 0.6 is 0 Å². The second-order valence-electron chi connectivity index (χ2n) is 8.36. The summed E-state index contributed by atoms with van der Waals surface area (Å²) in [4.78, 5) is 35.7. The highest BCUT2D eigenvalue weighted by Crippen LogP contribution is 2.38. The topological polar surface area (TPSA) is 102 Å². The summed E-state index contributed by atoms with van der Waals surface area (Å²) in [6.45, 7) is 6.14. The Morgan fingerprint density at radius 2 is 1.67 bits per heavy atom. The van der Waals surface area contributed by atoms with Crippen LogP contribution in [0.5, 0.6) is 0 Å². The van der Waals surface area contributed by atoms with Crippen molar-refractivity contribution in [3.8, 4) is 11.1 Å². The van der Waals surface area contributed by atoms with Gasteiger partial charge in [-0.25, -0.2) is 9.59 Å². The van der Waals surface area contributed by atoms with Crippen molar-refractivity contribution in [3.63, 3.8) is 0 Å². The third-order valence-electron chi connectivity index (χ3n) is 4.79. The Balaban J connectivity index is 1.73. The molecule has 0 radical (unpaired) electrons. The number of carbonyl (C=O) groups is 3. The summed E-state index contributed by atoms with van der Waals surface area (Å²) in [7, 11) is 0. The Hall–Kier alpha value is -3.19. The molecular weight excluding hydrogens is 386 g/mol. The van der Waals surface area contributed by atoms with Crippen LogP contribution in [0.15, 0.2) is 42.5 Å². The van der Waals surface area contributed by atoms with Crippen LogP contribution in [0.4, 0.5) is 4.79 Å². The maximum Gasteiger partial charge on any atom is 0.410 e. The molecule has 7 heteroatoms. The van der Waals surface area contributed by atoms with Crippen molar-refractivity contribution in [2.75, 3.05) is 0 Å². The smallest absolute Gasteiger partial charge is 0.410 e. The van der Waals surface area contributed by atoms with Gasteiger partial charge in [0, 0.05) is 0 Å². The lowest BCUT2D eigenvalue weighted by Gasteiger charge is -2.34. The molecule has 0 fully saturated rings. The lowest BCUT2D eigenvalue weighted by molar-refractivity contribution is -0.177. The van der Waals surface area contributed by atoms with Crippen molar-refractivity contribution < 1.29 is 29.0 Å². The molecule has 1 amide bonds. The number of Topliss-reactive ketones (excluding diaryl/α,β-unsaturated/α-hetero) is 1. The van der Waals surface area contributed by atoms with E-state index in [-0.39, 0.29) is 6.61 Å². The summed E-state index contributed by atoms with van der Waals surface area (Å²) < 4.78 is 10.9. The third-order valence-corrected chi connectivity index (χ3v) is 4.79. The fourth-order valence-electron chi connectivity index (χ4n) is 3.68. The Bertz CT molecular complexity index is 1010. The predicted molar refractivity (Wildman–Crippen MR) is 110 cm³/mol. The fraction of sp³-hybridized carbons (Fsp3) is 0.348. The van der Waals surface area contributed by atoms with E-state index in [2.05, 4.69) is 17.4 Å². The first-order valence-corrected chi connectivity index (χ1v) is 9.62. The number of carbonyl (C=O) groups excluding carboxylic acids is 2. The fourth-order valence-corrected chi connectivity index (χ4v) is 3.68. The molecule has 2 N–H and O–H groups in total. The average Bonchev–Trinajstić information content (AvgIpc) is 3.03. The number of alkyl carbamates (subject to hydrolysis) is 1. The molecule has 0 bridgehead atoms. The Morgan fingerprint density at radius 1 is 1.00 bits per heavy atom. The Labute approximate surface area is 175 Å². The average molecular weight is 411 g/mol. The zero-order valence-corrected chi connectivity index (χ0v) is 17.4. The van der Waals surface area contributed by atoms with Gasteiger partial charge >= 0.3 is 12.1 Å². The minimum absolute atomic E-state index is 0.0180. The predicted octanol–water partition coefficient (Wildman–Crippen LogP) is 3.67. The third kappa shape index (κ3) is 4.52. The number of fused-ring (bicyclic) bond motifs is 3. The van der Waals surface area contributed by atoms with Crippen molar-refractivity contribution in [3.05, 3.63) is 59.2 Å². The van der Waals surface area contributed by atoms with E-state index >= 15 is 0 Å². The molecule has 1 aliphatic rings. The van der Waals surface area contributed by atoms with Crippen LogP contribution in [0.1, 0.15) is 44.4 Å². The van der Waals surface area contributed by atoms with E-state index < -0.39 is 29.2 Å². The summed E-state index contributed by atoms with van der Waals surface area (Å²) in [5, 5.41) is 11.4. The molecule has 30 heavy (non-hydrogen) atoms. The van der Waals surface area contributed by atoms with Gasteiger partial charge in [0.05, 0.1) is 5.60 Å². The summed E-state index contributed by atoms with van der Waals surface area (Å²) >= 11 is 0. The molecule has 7 nitrogen and oxygen atoms in total. The molecule has 158 valence electrons. The van der Waals surface area contributed by atoms with E-state index in [0.29, 0.717) is 0 Å². The molecule has 3 rings (SSSR count). The minimum Gasteiger partial charge on any atom is -0.475 e. The first kappa shape index (κ1) is 21.5. The number of carboxylic acids is 1. The number of ketones is 1. The van der Waals surface area contributed by atoms with Gasteiger partial charge in [-0.1, -0.05) is 42.5 Å². The Kier molecular flexibility index (Phi) is 5.67. The number of hydrogen-bond acceptors (Lipinski definition) is 5. The van der Waals surface area contributed by atoms with E-state index in [4.69, 9.17) is 14.6 Å². The van der Waals surface area contributed by atoms with Crippen LogP contribution in [0.2, 0.25) is 0 Å². The maximum atomic E-state index is 12.4. The number of hydrogen-bond donors (Lipinski definition) is 2. The normalized spacial score (nSPS) is 14.3. The monoisotopic (exact) mass is 411 g/mol. The number of benzene rings is 2. The lowest BCUT2D eigenvalue weighted by atomic mass is 10.0. The van der Waals surface area contributed by atoms with Crippen LogP contribution < -0.4 is 5.32 Å². The van der Waals surface area contributed by atoms with Gasteiger partial charge in [0.15, 0.2) is 0 Å². The van der Waals surface area contributed by atoms with Crippen LogP contribution in [0.3, 0.4) is 0 Å². The Morgan fingerprint density at radius 3 is 2.33 bits per heavy atom. The number of ether oxygens (including phenoxy) is 2. The molecule has 0 spiro atoms. The SMILES string of the molecule is CC(C)(C)O[C@@](C)(NC(=O)OCc1cccc2c1Cc1ccccc1-2)C(=O)C(=O)O. The highest BCUT2D eigenvalue weighted by Gasteiger charge is 2.44. The van der Waals surface area contributed by atoms with Gasteiger partial charge in [-0.15, -0.1) is 0 Å². The van der Waals surface area contributed by atoms with E-state index in [0.717, 1.165) is 28.7 Å². The second kappa shape index (κ2) is 7.91. The largest absolute Gasteiger partial charge is 0.475 e. The number of nitrogens with one attached hydrogen (secondary N) is 1. The summed E-state index contributed by atoms with van der Waals surface area (Å²) in [5.74, 6) is -2.99. The molecule has 0 aliphatic heterocycles. The van der Waals surface area contributed by atoms with Gasteiger partial charge in [-0.3, -0.25) is 10.1 Å². The first-order valence-electron chi connectivity index (χ1n) is 9.62. The molecular formula is C23H25NO6.